The maximum Gasteiger partial charge on any atom is 0.326 e. The van der Waals surface area contributed by atoms with E-state index in [2.05, 4.69) is 16.0 Å². The van der Waals surface area contributed by atoms with Gasteiger partial charge in [-0.2, -0.15) is 0 Å². The molecule has 30 heavy (non-hydrogen) atoms. The average molecular weight is 430 g/mol. The van der Waals surface area contributed by atoms with E-state index in [9.17, 15) is 29.1 Å². The van der Waals surface area contributed by atoms with Gasteiger partial charge < -0.3 is 32.5 Å². The van der Waals surface area contributed by atoms with E-state index < -0.39 is 53.8 Å². The van der Waals surface area contributed by atoms with Gasteiger partial charge in [0.2, 0.25) is 23.6 Å². The predicted octanol–water partition coefficient (Wildman–Crippen LogP) is -1.16. The van der Waals surface area contributed by atoms with Crippen molar-refractivity contribution in [3.63, 3.8) is 0 Å². The van der Waals surface area contributed by atoms with Gasteiger partial charge in [-0.05, 0) is 25.2 Å². The van der Waals surface area contributed by atoms with Crippen LogP contribution in [0, 0.1) is 11.8 Å². The highest BCUT2D eigenvalue weighted by atomic mass is 16.4. The van der Waals surface area contributed by atoms with Crippen molar-refractivity contribution in [2.45, 2.75) is 78.0 Å². The summed E-state index contributed by atoms with van der Waals surface area (Å²) >= 11 is 0. The first kappa shape index (κ1) is 27.3. The molecule has 0 heterocycles. The number of primary amides is 1. The van der Waals surface area contributed by atoms with Crippen LogP contribution < -0.4 is 27.4 Å². The second-order valence-corrected chi connectivity index (χ2v) is 7.78. The molecule has 0 aliphatic carbocycles. The van der Waals surface area contributed by atoms with Crippen molar-refractivity contribution in [3.8, 4) is 0 Å². The molecule has 0 aromatic rings. The number of carbonyl (C=O) groups excluding carboxylic acids is 4. The van der Waals surface area contributed by atoms with E-state index in [4.69, 9.17) is 11.5 Å². The van der Waals surface area contributed by atoms with Crippen LogP contribution in [-0.4, -0.2) is 58.9 Å². The summed E-state index contributed by atoms with van der Waals surface area (Å²) in [5, 5.41) is 16.7. The Hall–Kier alpha value is -2.69. The molecule has 0 fully saturated rings. The van der Waals surface area contributed by atoms with Gasteiger partial charge in [0.15, 0.2) is 0 Å². The molecule has 5 atom stereocenters. The normalized spacial score (nSPS) is 16.0. The fourth-order valence-electron chi connectivity index (χ4n) is 2.55. The van der Waals surface area contributed by atoms with Crippen molar-refractivity contribution >= 4 is 29.6 Å². The highest BCUT2D eigenvalue weighted by molar-refractivity contribution is 5.94. The number of carboxylic acids is 1. The van der Waals surface area contributed by atoms with Crippen LogP contribution in [0.15, 0.2) is 0 Å². The van der Waals surface area contributed by atoms with Gasteiger partial charge in [0.1, 0.15) is 18.1 Å². The molecule has 0 saturated carbocycles. The first-order valence-electron chi connectivity index (χ1n) is 9.99. The Morgan fingerprint density at radius 1 is 0.867 bits per heavy atom. The Morgan fingerprint density at radius 3 is 1.83 bits per heavy atom. The van der Waals surface area contributed by atoms with Crippen molar-refractivity contribution in [2.24, 2.45) is 23.3 Å². The Bertz CT molecular complexity index is 639. The summed E-state index contributed by atoms with van der Waals surface area (Å²) in [6.45, 7) is 8.33. The van der Waals surface area contributed by atoms with Crippen molar-refractivity contribution in [3.05, 3.63) is 0 Å². The van der Waals surface area contributed by atoms with Crippen LogP contribution in [0.4, 0.5) is 0 Å². The SMILES string of the molecule is CCC(C)C(NC(=O)C(C)NC(=O)C(NC(=O)C(N)CCC(N)=O)C(C)C)C(=O)O. The number of aliphatic carboxylic acids is 1. The minimum Gasteiger partial charge on any atom is -0.480 e. The van der Waals surface area contributed by atoms with Crippen LogP contribution in [0.3, 0.4) is 0 Å². The molecule has 8 N–H and O–H groups in total. The third-order valence-electron chi connectivity index (χ3n) is 4.81. The zero-order valence-electron chi connectivity index (χ0n) is 18.2. The van der Waals surface area contributed by atoms with E-state index >= 15 is 0 Å². The summed E-state index contributed by atoms with van der Waals surface area (Å²) < 4.78 is 0. The second kappa shape index (κ2) is 12.8. The highest BCUT2D eigenvalue weighted by Gasteiger charge is 2.31. The molecule has 0 aliphatic rings. The summed E-state index contributed by atoms with van der Waals surface area (Å²) in [5.74, 6) is -4.24. The van der Waals surface area contributed by atoms with Crippen LogP contribution in [0.2, 0.25) is 0 Å². The molecule has 0 aromatic heterocycles. The standard InChI is InChI=1S/C19H35N5O6/c1-6-10(4)15(19(29)30)24-16(26)11(5)22-18(28)14(9(2)3)23-17(27)12(20)7-8-13(21)25/h9-12,14-15H,6-8,20H2,1-5H3,(H2,21,25)(H,22,28)(H,23,27)(H,24,26)(H,29,30). The lowest BCUT2D eigenvalue weighted by Gasteiger charge is -2.26. The fraction of sp³-hybridized carbons (Fsp3) is 0.737. The minimum atomic E-state index is -1.16. The van der Waals surface area contributed by atoms with Crippen LogP contribution in [0.5, 0.6) is 0 Å². The van der Waals surface area contributed by atoms with E-state index in [1.165, 1.54) is 6.92 Å². The molecule has 4 amide bonds. The van der Waals surface area contributed by atoms with Gasteiger partial charge in [-0.15, -0.1) is 0 Å². The zero-order valence-corrected chi connectivity index (χ0v) is 18.2. The first-order chi connectivity index (χ1) is 13.8. The van der Waals surface area contributed by atoms with Crippen molar-refractivity contribution in [1.29, 1.82) is 0 Å². The predicted molar refractivity (Wildman–Crippen MR) is 110 cm³/mol. The van der Waals surface area contributed by atoms with E-state index in [1.54, 1.807) is 20.8 Å². The lowest BCUT2D eigenvalue weighted by molar-refractivity contribution is -0.143. The molecule has 0 saturated heterocycles. The molecule has 0 bridgehead atoms. The van der Waals surface area contributed by atoms with Crippen LogP contribution in [-0.2, 0) is 24.0 Å². The van der Waals surface area contributed by atoms with E-state index in [-0.39, 0.29) is 24.7 Å². The molecule has 0 radical (unpaired) electrons. The lowest BCUT2D eigenvalue weighted by atomic mass is 9.99. The molecule has 5 unspecified atom stereocenters. The monoisotopic (exact) mass is 429 g/mol. The molecule has 0 rings (SSSR count). The van der Waals surface area contributed by atoms with Crippen LogP contribution in [0.25, 0.3) is 0 Å². The number of hydrogen-bond donors (Lipinski definition) is 6. The minimum absolute atomic E-state index is 0.0403. The van der Waals surface area contributed by atoms with Gasteiger partial charge in [-0.25, -0.2) is 4.79 Å². The van der Waals surface area contributed by atoms with Crippen molar-refractivity contribution < 1.29 is 29.1 Å². The summed E-state index contributed by atoms with van der Waals surface area (Å²) in [5.41, 5.74) is 10.8. The Labute approximate surface area is 176 Å². The molecule has 11 nitrogen and oxygen atoms in total. The zero-order chi connectivity index (χ0) is 23.6. The van der Waals surface area contributed by atoms with Crippen molar-refractivity contribution in [2.75, 3.05) is 0 Å². The van der Waals surface area contributed by atoms with Gasteiger partial charge in [-0.1, -0.05) is 34.1 Å². The van der Waals surface area contributed by atoms with Gasteiger partial charge in [0.05, 0.1) is 6.04 Å². The second-order valence-electron chi connectivity index (χ2n) is 7.78. The highest BCUT2D eigenvalue weighted by Crippen LogP contribution is 2.09. The molecule has 0 spiro atoms. The van der Waals surface area contributed by atoms with Crippen LogP contribution >= 0.6 is 0 Å². The maximum absolute atomic E-state index is 12.6. The molecular weight excluding hydrogens is 394 g/mol. The van der Waals surface area contributed by atoms with E-state index in [0.29, 0.717) is 6.42 Å². The first-order valence-corrected chi connectivity index (χ1v) is 9.99. The third-order valence-corrected chi connectivity index (χ3v) is 4.81. The quantitative estimate of drug-likeness (QED) is 0.212. The number of hydrogen-bond acceptors (Lipinski definition) is 6. The lowest BCUT2D eigenvalue weighted by Crippen LogP contribution is -2.58. The van der Waals surface area contributed by atoms with Gasteiger partial charge >= 0.3 is 5.97 Å². The third kappa shape index (κ3) is 9.21. The maximum atomic E-state index is 12.6. The Balaban J connectivity index is 5.01. The van der Waals surface area contributed by atoms with Gasteiger partial charge in [0.25, 0.3) is 0 Å². The summed E-state index contributed by atoms with van der Waals surface area (Å²) in [4.78, 5) is 59.3. The summed E-state index contributed by atoms with van der Waals surface area (Å²) in [6.07, 6.45) is 0.527. The molecule has 172 valence electrons. The summed E-state index contributed by atoms with van der Waals surface area (Å²) in [7, 11) is 0. The van der Waals surface area contributed by atoms with E-state index in [1.807, 2.05) is 6.92 Å². The molecule has 0 aromatic carbocycles. The number of nitrogens with one attached hydrogen (secondary N) is 3. The molecular formula is C19H35N5O6. The average Bonchev–Trinajstić information content (AvgIpc) is 2.66. The number of amides is 4. The smallest absolute Gasteiger partial charge is 0.326 e. The fourth-order valence-corrected chi connectivity index (χ4v) is 2.55. The number of rotatable bonds is 13. The van der Waals surface area contributed by atoms with Gasteiger partial charge in [0, 0.05) is 6.42 Å². The topological polar surface area (TPSA) is 194 Å². The van der Waals surface area contributed by atoms with E-state index in [0.717, 1.165) is 0 Å². The largest absolute Gasteiger partial charge is 0.480 e. The number of nitrogens with two attached hydrogens (primary N) is 2. The summed E-state index contributed by atoms with van der Waals surface area (Å²) in [6, 6.07) is -4.09. The molecule has 0 aliphatic heterocycles. The number of carboxylic acid groups (broad SMARTS) is 1. The Morgan fingerprint density at radius 2 is 1.40 bits per heavy atom. The van der Waals surface area contributed by atoms with Crippen LogP contribution in [0.1, 0.15) is 53.9 Å². The molecule has 11 heteroatoms. The van der Waals surface area contributed by atoms with Crippen molar-refractivity contribution in [1.82, 2.24) is 16.0 Å². The van der Waals surface area contributed by atoms with Gasteiger partial charge in [-0.3, -0.25) is 19.2 Å². The number of carbonyl (C=O) groups is 5. The Kier molecular flexibility index (Phi) is 11.6.